The van der Waals surface area contributed by atoms with Crippen LogP contribution in [0.4, 0.5) is 34.9 Å². The van der Waals surface area contributed by atoms with Crippen molar-refractivity contribution in [2.24, 2.45) is 0 Å². The third kappa shape index (κ3) is 9.75. The first-order valence-corrected chi connectivity index (χ1v) is 14.8. The van der Waals surface area contributed by atoms with E-state index in [9.17, 15) is 14.4 Å². The molecule has 0 aliphatic rings. The molecule has 12 nitrogen and oxygen atoms in total. The fourth-order valence-corrected chi connectivity index (χ4v) is 3.83. The standard InChI is InChI=1S/C33H36N6O6/c1-4-19-43-28(40)22-7-13-25(14-8-22)34-31-37-32(35-26-15-9-23(10-16-26)29(41)44-20-5-2)39-33(38-31)36-27-17-11-24(12-18-27)30(42)45-21-6-3/h7-18H,4-6,19-21H2,1-3H3,(H3,34,35,36,37,38,39). The molecule has 0 amide bonds. The number of aromatic nitrogens is 3. The van der Waals surface area contributed by atoms with Gasteiger partial charge < -0.3 is 30.2 Å². The number of ether oxygens (including phenoxy) is 3. The Kier molecular flexibility index (Phi) is 11.8. The molecule has 0 bridgehead atoms. The van der Waals surface area contributed by atoms with Crippen LogP contribution in [-0.4, -0.2) is 52.7 Å². The molecular weight excluding hydrogens is 576 g/mol. The van der Waals surface area contributed by atoms with E-state index < -0.39 is 17.9 Å². The smallest absolute Gasteiger partial charge is 0.338 e. The van der Waals surface area contributed by atoms with E-state index in [1.54, 1.807) is 72.8 Å². The summed E-state index contributed by atoms with van der Waals surface area (Å²) in [5.74, 6) is -0.523. The van der Waals surface area contributed by atoms with Gasteiger partial charge in [-0.3, -0.25) is 0 Å². The van der Waals surface area contributed by atoms with E-state index >= 15 is 0 Å². The Morgan fingerprint density at radius 2 is 0.711 bits per heavy atom. The first kappa shape index (κ1) is 32.4. The number of carbonyl (C=O) groups excluding carboxylic acids is 3. The fourth-order valence-electron chi connectivity index (χ4n) is 3.83. The number of esters is 3. The second-order valence-corrected chi connectivity index (χ2v) is 9.82. The summed E-state index contributed by atoms with van der Waals surface area (Å²) in [5.41, 5.74) is 3.19. The van der Waals surface area contributed by atoms with Crippen molar-refractivity contribution in [3.05, 3.63) is 89.5 Å². The van der Waals surface area contributed by atoms with E-state index in [-0.39, 0.29) is 17.8 Å². The summed E-state index contributed by atoms with van der Waals surface area (Å²) in [6.07, 6.45) is 2.22. The zero-order valence-electron chi connectivity index (χ0n) is 25.5. The van der Waals surface area contributed by atoms with Crippen molar-refractivity contribution in [3.8, 4) is 0 Å². The van der Waals surface area contributed by atoms with Crippen molar-refractivity contribution < 1.29 is 28.6 Å². The fraction of sp³-hybridized carbons (Fsp3) is 0.273. The maximum absolute atomic E-state index is 12.2. The number of hydrogen-bond acceptors (Lipinski definition) is 12. The number of rotatable bonds is 15. The number of nitrogens with zero attached hydrogens (tertiary/aromatic N) is 3. The highest BCUT2D eigenvalue weighted by Gasteiger charge is 2.12. The van der Waals surface area contributed by atoms with Gasteiger partial charge in [0.15, 0.2) is 0 Å². The van der Waals surface area contributed by atoms with E-state index in [1.165, 1.54) is 0 Å². The summed E-state index contributed by atoms with van der Waals surface area (Å²) in [7, 11) is 0. The monoisotopic (exact) mass is 612 g/mol. The Labute approximate surface area is 261 Å². The van der Waals surface area contributed by atoms with Crippen molar-refractivity contribution >= 4 is 52.8 Å². The van der Waals surface area contributed by atoms with Gasteiger partial charge in [-0.15, -0.1) is 0 Å². The molecule has 0 fully saturated rings. The van der Waals surface area contributed by atoms with Crippen molar-refractivity contribution in [1.82, 2.24) is 15.0 Å². The summed E-state index contributed by atoms with van der Waals surface area (Å²) in [6, 6.07) is 20.2. The number of carbonyl (C=O) groups is 3. The van der Waals surface area contributed by atoms with E-state index in [0.29, 0.717) is 53.6 Å². The Hall–Kier alpha value is -5.52. The topological polar surface area (TPSA) is 154 Å². The Bertz CT molecular complexity index is 1380. The molecule has 0 aliphatic heterocycles. The third-order valence-electron chi connectivity index (χ3n) is 6.08. The van der Waals surface area contributed by atoms with Crippen molar-refractivity contribution in [1.29, 1.82) is 0 Å². The van der Waals surface area contributed by atoms with Gasteiger partial charge in [-0.05, 0) is 92.1 Å². The first-order chi connectivity index (χ1) is 21.9. The molecule has 0 aliphatic carbocycles. The molecule has 0 radical (unpaired) electrons. The van der Waals surface area contributed by atoms with Gasteiger partial charge in [-0.2, -0.15) is 15.0 Å². The highest BCUT2D eigenvalue weighted by atomic mass is 16.5. The van der Waals surface area contributed by atoms with Crippen LogP contribution in [0.3, 0.4) is 0 Å². The number of anilines is 6. The van der Waals surface area contributed by atoms with Crippen LogP contribution in [0.15, 0.2) is 72.8 Å². The van der Waals surface area contributed by atoms with Crippen LogP contribution < -0.4 is 16.0 Å². The Balaban J connectivity index is 1.55. The lowest BCUT2D eigenvalue weighted by molar-refractivity contribution is 0.0496. The molecule has 4 rings (SSSR count). The van der Waals surface area contributed by atoms with Gasteiger partial charge in [0.2, 0.25) is 17.8 Å². The van der Waals surface area contributed by atoms with Crippen LogP contribution in [0.2, 0.25) is 0 Å². The van der Waals surface area contributed by atoms with E-state index in [4.69, 9.17) is 14.2 Å². The molecule has 4 aromatic rings. The molecule has 1 heterocycles. The molecule has 234 valence electrons. The molecule has 0 saturated carbocycles. The van der Waals surface area contributed by atoms with Crippen molar-refractivity contribution in [2.45, 2.75) is 40.0 Å². The quantitative estimate of drug-likeness (QED) is 0.0955. The van der Waals surface area contributed by atoms with Crippen LogP contribution in [0.1, 0.15) is 71.1 Å². The summed E-state index contributed by atoms with van der Waals surface area (Å²) < 4.78 is 15.6. The molecule has 3 aromatic carbocycles. The summed E-state index contributed by atoms with van der Waals surface area (Å²) >= 11 is 0. The van der Waals surface area contributed by atoms with Gasteiger partial charge in [0.1, 0.15) is 0 Å². The largest absolute Gasteiger partial charge is 0.462 e. The average Bonchev–Trinajstić information content (AvgIpc) is 3.06. The van der Waals surface area contributed by atoms with Crippen molar-refractivity contribution in [3.63, 3.8) is 0 Å². The second-order valence-electron chi connectivity index (χ2n) is 9.82. The van der Waals surface area contributed by atoms with Gasteiger partial charge in [0.05, 0.1) is 36.5 Å². The van der Waals surface area contributed by atoms with Gasteiger partial charge in [-0.25, -0.2) is 14.4 Å². The molecule has 45 heavy (non-hydrogen) atoms. The van der Waals surface area contributed by atoms with Crippen LogP contribution in [0.25, 0.3) is 0 Å². The molecule has 0 spiro atoms. The summed E-state index contributed by atoms with van der Waals surface area (Å²) in [5, 5.41) is 9.41. The Morgan fingerprint density at radius 1 is 0.467 bits per heavy atom. The van der Waals surface area contributed by atoms with Crippen molar-refractivity contribution in [2.75, 3.05) is 35.8 Å². The third-order valence-corrected chi connectivity index (χ3v) is 6.08. The minimum atomic E-state index is -0.393. The van der Waals surface area contributed by atoms with E-state index in [2.05, 4.69) is 30.9 Å². The van der Waals surface area contributed by atoms with Gasteiger partial charge >= 0.3 is 17.9 Å². The lowest BCUT2D eigenvalue weighted by Gasteiger charge is -2.12. The lowest BCUT2D eigenvalue weighted by atomic mass is 10.2. The van der Waals surface area contributed by atoms with E-state index in [1.807, 2.05) is 20.8 Å². The molecule has 0 unspecified atom stereocenters. The number of benzene rings is 3. The predicted octanol–water partition coefficient (Wildman–Crippen LogP) is 6.80. The normalized spacial score (nSPS) is 10.5. The predicted molar refractivity (Wildman–Crippen MR) is 171 cm³/mol. The lowest BCUT2D eigenvalue weighted by Crippen LogP contribution is -2.09. The molecular formula is C33H36N6O6. The number of nitrogens with one attached hydrogen (secondary N) is 3. The van der Waals surface area contributed by atoms with Crippen LogP contribution >= 0.6 is 0 Å². The highest BCUT2D eigenvalue weighted by molar-refractivity contribution is 5.91. The average molecular weight is 613 g/mol. The van der Waals surface area contributed by atoms with Crippen LogP contribution in [0.5, 0.6) is 0 Å². The highest BCUT2D eigenvalue weighted by Crippen LogP contribution is 2.22. The van der Waals surface area contributed by atoms with Gasteiger partial charge in [0, 0.05) is 17.1 Å². The summed E-state index contributed by atoms with van der Waals surface area (Å²) in [6.45, 7) is 6.85. The molecule has 3 N–H and O–H groups in total. The summed E-state index contributed by atoms with van der Waals surface area (Å²) in [4.78, 5) is 50.0. The van der Waals surface area contributed by atoms with E-state index in [0.717, 1.165) is 19.3 Å². The molecule has 12 heteroatoms. The minimum absolute atomic E-state index is 0.218. The molecule has 1 aromatic heterocycles. The Morgan fingerprint density at radius 3 is 0.933 bits per heavy atom. The SMILES string of the molecule is CCCOC(=O)c1ccc(Nc2nc(Nc3ccc(C(=O)OCCC)cc3)nc(Nc3ccc(C(=O)OCCC)cc3)n2)cc1. The maximum Gasteiger partial charge on any atom is 0.338 e. The van der Waals surface area contributed by atoms with Gasteiger partial charge in [-0.1, -0.05) is 20.8 Å². The second kappa shape index (κ2) is 16.4. The molecule has 0 atom stereocenters. The van der Waals surface area contributed by atoms with Gasteiger partial charge in [0.25, 0.3) is 0 Å². The zero-order valence-corrected chi connectivity index (χ0v) is 25.5. The number of hydrogen-bond donors (Lipinski definition) is 3. The van der Waals surface area contributed by atoms with Crippen LogP contribution in [0, 0.1) is 0 Å². The molecule has 0 saturated heterocycles. The first-order valence-electron chi connectivity index (χ1n) is 14.8. The maximum atomic E-state index is 12.2. The zero-order chi connectivity index (χ0) is 32.0. The van der Waals surface area contributed by atoms with Crippen LogP contribution in [-0.2, 0) is 14.2 Å². The minimum Gasteiger partial charge on any atom is -0.462 e.